The zero-order valence-electron chi connectivity index (χ0n) is 20.5. The molecule has 202 valence electrons. The molecule has 0 spiro atoms. The largest absolute Gasteiger partial charge is 0.454 e. The second-order valence-electron chi connectivity index (χ2n) is 8.40. The molecule has 8 nitrogen and oxygen atoms in total. The Morgan fingerprint density at radius 2 is 1.82 bits per heavy atom. The summed E-state index contributed by atoms with van der Waals surface area (Å²) in [6.07, 6.45) is -4.65. The van der Waals surface area contributed by atoms with E-state index in [1.807, 2.05) is 23.6 Å². The van der Waals surface area contributed by atoms with Crippen LogP contribution >= 0.6 is 11.3 Å². The average Bonchev–Trinajstić information content (AvgIpc) is 3.57. The maximum Gasteiger partial charge on any atom is 0.418 e. The van der Waals surface area contributed by atoms with Gasteiger partial charge in [-0.15, -0.1) is 11.3 Å². The second-order valence-corrected chi connectivity index (χ2v) is 9.44. The van der Waals surface area contributed by atoms with Gasteiger partial charge in [-0.25, -0.2) is 4.79 Å². The highest BCUT2D eigenvalue weighted by Crippen LogP contribution is 2.35. The van der Waals surface area contributed by atoms with Crippen LogP contribution in [0.4, 0.5) is 23.7 Å². The van der Waals surface area contributed by atoms with E-state index in [-0.39, 0.29) is 38.9 Å². The topological polar surface area (TPSA) is 80.3 Å². The molecule has 0 atom stereocenters. The zero-order valence-corrected chi connectivity index (χ0v) is 21.3. The number of hydrogen-bond donors (Lipinski definition) is 1. The molecule has 0 aliphatic carbocycles. The van der Waals surface area contributed by atoms with Crippen molar-refractivity contribution in [1.82, 2.24) is 9.80 Å². The minimum absolute atomic E-state index is 0.000869. The molecule has 2 heterocycles. The summed E-state index contributed by atoms with van der Waals surface area (Å²) in [5.74, 6) is 0.813. The van der Waals surface area contributed by atoms with E-state index >= 15 is 0 Å². The number of fused-ring (bicyclic) bond motifs is 1. The van der Waals surface area contributed by atoms with Gasteiger partial charge in [0.05, 0.1) is 24.4 Å². The quantitative estimate of drug-likeness (QED) is 0.376. The molecule has 1 aromatic heterocycles. The van der Waals surface area contributed by atoms with Crippen LogP contribution < -0.4 is 14.8 Å². The molecule has 1 aliphatic heterocycles. The van der Waals surface area contributed by atoms with Gasteiger partial charge < -0.3 is 29.3 Å². The van der Waals surface area contributed by atoms with E-state index in [1.54, 1.807) is 17.0 Å². The van der Waals surface area contributed by atoms with E-state index < -0.39 is 23.5 Å². The molecule has 4 rings (SSSR count). The van der Waals surface area contributed by atoms with Gasteiger partial charge in [0.25, 0.3) is 0 Å². The number of ether oxygens (including phenoxy) is 3. The van der Waals surface area contributed by atoms with Gasteiger partial charge in [-0.05, 0) is 41.3 Å². The van der Waals surface area contributed by atoms with Crippen molar-refractivity contribution in [2.75, 3.05) is 38.9 Å². The van der Waals surface area contributed by atoms with Crippen LogP contribution in [-0.4, -0.2) is 55.3 Å². The molecule has 38 heavy (non-hydrogen) atoms. The average molecular weight is 550 g/mol. The number of nitrogens with zero attached hydrogens (tertiary/aromatic N) is 2. The summed E-state index contributed by atoms with van der Waals surface area (Å²) in [6, 6.07) is 13.0. The minimum atomic E-state index is -4.65. The molecular weight excluding hydrogens is 523 g/mol. The highest BCUT2D eigenvalue weighted by Gasteiger charge is 2.34. The first-order valence-corrected chi connectivity index (χ1v) is 12.5. The summed E-state index contributed by atoms with van der Waals surface area (Å²) >= 11 is 1.49. The molecule has 2 aromatic carbocycles. The lowest BCUT2D eigenvalue weighted by molar-refractivity contribution is -0.137. The second kappa shape index (κ2) is 12.2. The van der Waals surface area contributed by atoms with Crippen molar-refractivity contribution in [3.05, 3.63) is 76.0 Å². The van der Waals surface area contributed by atoms with Gasteiger partial charge in [-0.3, -0.25) is 4.79 Å². The Kier molecular flexibility index (Phi) is 8.74. The van der Waals surface area contributed by atoms with Gasteiger partial charge in [-0.1, -0.05) is 24.3 Å². The van der Waals surface area contributed by atoms with Crippen molar-refractivity contribution in [2.45, 2.75) is 19.3 Å². The number of nitrogens with one attached hydrogen (secondary N) is 1. The summed E-state index contributed by atoms with van der Waals surface area (Å²) in [5, 5.41) is 4.20. The van der Waals surface area contributed by atoms with Crippen LogP contribution in [0.2, 0.25) is 0 Å². The zero-order chi connectivity index (χ0) is 27.1. The van der Waals surface area contributed by atoms with Crippen LogP contribution in [0.5, 0.6) is 11.5 Å². The number of carbonyl (C=O) groups is 2. The Labute approximate surface area is 221 Å². The number of alkyl halides is 3. The predicted molar refractivity (Wildman–Crippen MR) is 135 cm³/mol. The van der Waals surface area contributed by atoms with Crippen LogP contribution in [0.25, 0.3) is 0 Å². The molecule has 12 heteroatoms. The molecule has 0 saturated heterocycles. The molecule has 0 fully saturated rings. The van der Waals surface area contributed by atoms with Crippen LogP contribution in [0, 0.1) is 0 Å². The summed E-state index contributed by atoms with van der Waals surface area (Å²) in [7, 11) is 1.43. The van der Waals surface area contributed by atoms with Crippen LogP contribution in [0.3, 0.4) is 0 Å². The van der Waals surface area contributed by atoms with E-state index in [2.05, 4.69) is 5.32 Å². The van der Waals surface area contributed by atoms with Gasteiger partial charge in [0.1, 0.15) is 6.54 Å². The standard InChI is InChI=1S/C26H26F3N3O5S/c1-35-11-10-31(25(34)30-21-7-3-2-6-20(21)26(27,28)29)16-24(33)32(15-19-5-4-12-38-19)14-18-8-9-22-23(13-18)37-17-36-22/h2-9,12-13H,10-11,14-17H2,1H3,(H,30,34). The summed E-state index contributed by atoms with van der Waals surface area (Å²) in [5.41, 5.74) is -0.574. The number of para-hydroxylation sites is 1. The van der Waals surface area contributed by atoms with Gasteiger partial charge in [0.15, 0.2) is 11.5 Å². The third-order valence-electron chi connectivity index (χ3n) is 5.74. The molecule has 0 saturated carbocycles. The first-order chi connectivity index (χ1) is 18.2. The summed E-state index contributed by atoms with van der Waals surface area (Å²) in [4.78, 5) is 30.2. The number of halogens is 3. The third-order valence-corrected chi connectivity index (χ3v) is 6.60. The van der Waals surface area contributed by atoms with E-state index in [1.165, 1.54) is 36.6 Å². The Bertz CT molecular complexity index is 1250. The van der Waals surface area contributed by atoms with Gasteiger partial charge in [-0.2, -0.15) is 13.2 Å². The van der Waals surface area contributed by atoms with E-state index in [9.17, 15) is 22.8 Å². The Balaban J connectivity index is 1.52. The number of rotatable bonds is 10. The molecule has 3 amide bonds. The first kappa shape index (κ1) is 27.3. The Morgan fingerprint density at radius 3 is 2.55 bits per heavy atom. The Hall–Kier alpha value is -3.77. The van der Waals surface area contributed by atoms with Gasteiger partial charge in [0.2, 0.25) is 12.7 Å². The number of urea groups is 1. The monoisotopic (exact) mass is 549 g/mol. The maximum absolute atomic E-state index is 13.5. The molecule has 1 aliphatic rings. The fourth-order valence-electron chi connectivity index (χ4n) is 3.83. The fourth-order valence-corrected chi connectivity index (χ4v) is 4.55. The van der Waals surface area contributed by atoms with Gasteiger partial charge in [0, 0.05) is 25.1 Å². The molecule has 3 aromatic rings. The minimum Gasteiger partial charge on any atom is -0.454 e. The summed E-state index contributed by atoms with van der Waals surface area (Å²) in [6.45, 7) is 0.371. The predicted octanol–water partition coefficient (Wildman–Crippen LogP) is 5.20. The fraction of sp³-hybridized carbons (Fsp3) is 0.308. The summed E-state index contributed by atoms with van der Waals surface area (Å²) < 4.78 is 56.1. The van der Waals surface area contributed by atoms with Crippen molar-refractivity contribution in [2.24, 2.45) is 0 Å². The highest BCUT2D eigenvalue weighted by atomic mass is 32.1. The third kappa shape index (κ3) is 6.95. The Morgan fingerprint density at radius 1 is 1.03 bits per heavy atom. The number of anilines is 1. The number of amides is 3. The lowest BCUT2D eigenvalue weighted by Crippen LogP contribution is -2.45. The van der Waals surface area contributed by atoms with E-state index in [0.29, 0.717) is 18.0 Å². The van der Waals surface area contributed by atoms with E-state index in [0.717, 1.165) is 21.4 Å². The number of carbonyl (C=O) groups excluding carboxylic acids is 2. The number of thiophene rings is 1. The smallest absolute Gasteiger partial charge is 0.418 e. The van der Waals surface area contributed by atoms with Gasteiger partial charge >= 0.3 is 12.2 Å². The SMILES string of the molecule is COCCN(CC(=O)N(Cc1ccc2c(c1)OCO2)Cc1cccs1)C(=O)Nc1ccccc1C(F)(F)F. The number of benzene rings is 2. The first-order valence-electron chi connectivity index (χ1n) is 11.6. The molecule has 0 bridgehead atoms. The van der Waals surface area contributed by atoms with Crippen molar-refractivity contribution in [1.29, 1.82) is 0 Å². The molecule has 0 radical (unpaired) electrons. The molecule has 0 unspecified atom stereocenters. The van der Waals surface area contributed by atoms with Crippen molar-refractivity contribution < 1.29 is 37.0 Å². The lowest BCUT2D eigenvalue weighted by atomic mass is 10.1. The van der Waals surface area contributed by atoms with Crippen LogP contribution in [-0.2, 0) is 28.8 Å². The van der Waals surface area contributed by atoms with E-state index in [4.69, 9.17) is 14.2 Å². The van der Waals surface area contributed by atoms with Crippen molar-refractivity contribution in [3.63, 3.8) is 0 Å². The molecule has 1 N–H and O–H groups in total. The number of methoxy groups -OCH3 is 1. The number of hydrogen-bond acceptors (Lipinski definition) is 6. The highest BCUT2D eigenvalue weighted by molar-refractivity contribution is 7.09. The van der Waals surface area contributed by atoms with Crippen LogP contribution in [0.1, 0.15) is 16.0 Å². The molecular formula is C26H26F3N3O5S. The maximum atomic E-state index is 13.5. The van der Waals surface area contributed by atoms with Crippen molar-refractivity contribution in [3.8, 4) is 11.5 Å². The normalized spacial score (nSPS) is 12.3. The van der Waals surface area contributed by atoms with Crippen molar-refractivity contribution >= 4 is 29.0 Å². The van der Waals surface area contributed by atoms with Crippen LogP contribution in [0.15, 0.2) is 60.0 Å². The lowest BCUT2D eigenvalue weighted by Gasteiger charge is -2.28.